The van der Waals surface area contributed by atoms with Gasteiger partial charge in [-0.05, 0) is 6.07 Å². The van der Waals surface area contributed by atoms with Crippen molar-refractivity contribution in [2.75, 3.05) is 5.32 Å². The second kappa shape index (κ2) is 6.59. The molecule has 0 aliphatic heterocycles. The van der Waals surface area contributed by atoms with Gasteiger partial charge in [0.25, 0.3) is 5.69 Å². The second-order valence-electron chi connectivity index (χ2n) is 4.49. The lowest BCUT2D eigenvalue weighted by Crippen LogP contribution is -2.12. The maximum atomic E-state index is 12.8. The van der Waals surface area contributed by atoms with E-state index >= 15 is 0 Å². The van der Waals surface area contributed by atoms with Crippen LogP contribution >= 0.6 is 11.6 Å². The average molecular weight is 371 g/mol. The van der Waals surface area contributed by atoms with Crippen molar-refractivity contribution in [3.63, 3.8) is 0 Å². The highest BCUT2D eigenvalue weighted by molar-refractivity contribution is 6.31. The summed E-state index contributed by atoms with van der Waals surface area (Å²) in [5, 5.41) is 12.6. The molecule has 24 heavy (non-hydrogen) atoms. The summed E-state index contributed by atoms with van der Waals surface area (Å²) < 4.78 is 64.1. The van der Waals surface area contributed by atoms with Gasteiger partial charge in [-0.25, -0.2) is 4.98 Å². The van der Waals surface area contributed by atoms with E-state index in [0.29, 0.717) is 4.57 Å². The van der Waals surface area contributed by atoms with E-state index in [1.54, 1.807) is 0 Å². The van der Waals surface area contributed by atoms with Gasteiger partial charge < -0.3 is 5.32 Å². The van der Waals surface area contributed by atoms with E-state index in [-0.39, 0.29) is 24.1 Å². The first-order chi connectivity index (χ1) is 11.1. The predicted molar refractivity (Wildman–Crippen MR) is 73.9 cm³/mol. The van der Waals surface area contributed by atoms with Crippen molar-refractivity contribution in [3.05, 3.63) is 51.1 Å². The van der Waals surface area contributed by atoms with Crippen molar-refractivity contribution in [1.29, 1.82) is 0 Å². The number of nitro groups is 1. The summed E-state index contributed by atoms with van der Waals surface area (Å²) in [6.07, 6.45) is -2.78. The van der Waals surface area contributed by atoms with Gasteiger partial charge in [0.05, 0.1) is 22.1 Å². The fourth-order valence-electron chi connectivity index (χ4n) is 1.90. The summed E-state index contributed by atoms with van der Waals surface area (Å²) in [6.45, 7) is -3.25. The molecule has 1 N–H and O–H groups in total. The molecule has 0 atom stereocenters. The molecule has 2 rings (SSSR count). The highest BCUT2D eigenvalue weighted by Crippen LogP contribution is 2.40. The van der Waals surface area contributed by atoms with Crippen LogP contribution in [0.2, 0.25) is 5.02 Å². The molecule has 0 radical (unpaired) electrons. The number of aromatic nitrogens is 2. The normalized spacial score (nSPS) is 11.8. The third-order valence-corrected chi connectivity index (χ3v) is 3.30. The van der Waals surface area contributed by atoms with E-state index in [0.717, 1.165) is 18.5 Å². The molecule has 0 amide bonds. The number of nitrogens with one attached hydrogen (secondary N) is 1. The van der Waals surface area contributed by atoms with Crippen LogP contribution in [0.15, 0.2) is 24.5 Å². The summed E-state index contributed by atoms with van der Waals surface area (Å²) >= 11 is 5.51. The van der Waals surface area contributed by atoms with E-state index in [1.165, 1.54) is 0 Å². The summed E-state index contributed by atoms with van der Waals surface area (Å²) in [5.41, 5.74) is -2.60. The third-order valence-electron chi connectivity index (χ3n) is 2.98. The molecule has 1 heterocycles. The van der Waals surface area contributed by atoms with Gasteiger partial charge in [0.15, 0.2) is 0 Å². The zero-order valence-electron chi connectivity index (χ0n) is 11.5. The first-order valence-electron chi connectivity index (χ1n) is 6.20. The van der Waals surface area contributed by atoms with Crippen LogP contribution in [0.5, 0.6) is 0 Å². The zero-order valence-corrected chi connectivity index (χ0v) is 12.3. The van der Waals surface area contributed by atoms with Crippen molar-refractivity contribution in [1.82, 2.24) is 9.55 Å². The van der Waals surface area contributed by atoms with Crippen LogP contribution in [0.3, 0.4) is 0 Å². The summed E-state index contributed by atoms with van der Waals surface area (Å²) in [5.74, 6) is -0.157. The van der Waals surface area contributed by atoms with E-state index in [2.05, 4.69) is 10.3 Å². The molecule has 0 bridgehead atoms. The lowest BCUT2D eigenvalue weighted by molar-refractivity contribution is -0.384. The quantitative estimate of drug-likeness (QED) is 0.479. The Morgan fingerprint density at radius 1 is 1.38 bits per heavy atom. The van der Waals surface area contributed by atoms with E-state index in [9.17, 15) is 32.1 Å². The molecule has 1 aromatic carbocycles. The Balaban J connectivity index is 2.34. The van der Waals surface area contributed by atoms with Gasteiger partial charge in [0, 0.05) is 18.5 Å². The summed E-state index contributed by atoms with van der Waals surface area (Å²) in [7, 11) is 0. The maximum Gasteiger partial charge on any atom is 0.418 e. The largest absolute Gasteiger partial charge is 0.418 e. The first-order valence-corrected chi connectivity index (χ1v) is 6.58. The first kappa shape index (κ1) is 17.9. The van der Waals surface area contributed by atoms with Crippen LogP contribution in [0.4, 0.5) is 33.3 Å². The molecule has 12 heteroatoms. The Morgan fingerprint density at radius 3 is 2.58 bits per heavy atom. The van der Waals surface area contributed by atoms with Crippen LogP contribution < -0.4 is 5.32 Å². The Hall–Kier alpha value is -2.43. The number of nitrogens with zero attached hydrogens (tertiary/aromatic N) is 3. The highest BCUT2D eigenvalue weighted by Gasteiger charge is 2.36. The fourth-order valence-corrected chi connectivity index (χ4v) is 2.18. The molecule has 0 saturated carbocycles. The number of imidazole rings is 1. The van der Waals surface area contributed by atoms with Crippen molar-refractivity contribution in [2.45, 2.75) is 19.3 Å². The molecular formula is C12H8ClF5N4O2. The summed E-state index contributed by atoms with van der Waals surface area (Å²) in [4.78, 5) is 13.6. The molecule has 0 unspecified atom stereocenters. The molecule has 0 spiro atoms. The molecule has 2 aromatic rings. The number of alkyl halides is 5. The molecule has 0 fully saturated rings. The van der Waals surface area contributed by atoms with Crippen molar-refractivity contribution >= 4 is 23.0 Å². The number of hydrogen-bond donors (Lipinski definition) is 1. The number of nitro benzene ring substituents is 1. The second-order valence-corrected chi connectivity index (χ2v) is 4.89. The van der Waals surface area contributed by atoms with Crippen LogP contribution in [0, 0.1) is 10.1 Å². The van der Waals surface area contributed by atoms with Crippen LogP contribution in [-0.2, 0) is 12.7 Å². The molecule has 6 nitrogen and oxygen atoms in total. The van der Waals surface area contributed by atoms with Gasteiger partial charge >= 0.3 is 12.7 Å². The SMILES string of the molecule is O=[N+]([O-])c1cc(C(F)(F)F)c(Cl)cc1NCc1nccn1C(F)F. The van der Waals surface area contributed by atoms with Crippen LogP contribution in [-0.4, -0.2) is 14.5 Å². The van der Waals surface area contributed by atoms with E-state index in [1.807, 2.05) is 0 Å². The smallest absolute Gasteiger partial charge is 0.372 e. The Kier molecular flexibility index (Phi) is 4.92. The number of benzene rings is 1. The topological polar surface area (TPSA) is 73.0 Å². The maximum absolute atomic E-state index is 12.8. The molecule has 0 aliphatic rings. The Bertz CT molecular complexity index is 762. The number of rotatable bonds is 5. The Morgan fingerprint density at radius 2 is 2.04 bits per heavy atom. The minimum absolute atomic E-state index is 0.157. The standard InChI is InChI=1S/C12H8ClF5N4O2/c13-7-4-8(9(22(23)24)3-6(7)12(16,17)18)20-5-10-19-1-2-21(10)11(14)15/h1-4,11,20H,5H2. The minimum Gasteiger partial charge on any atom is -0.372 e. The molecule has 0 saturated heterocycles. The zero-order chi connectivity index (χ0) is 18.1. The summed E-state index contributed by atoms with van der Waals surface area (Å²) in [6, 6.07) is 1.00. The van der Waals surface area contributed by atoms with Gasteiger partial charge in [0.1, 0.15) is 11.5 Å². The monoisotopic (exact) mass is 370 g/mol. The predicted octanol–water partition coefficient (Wildman–Crippen LogP) is 4.47. The van der Waals surface area contributed by atoms with Gasteiger partial charge in [0.2, 0.25) is 0 Å². The Labute approximate surface area is 136 Å². The molecular weight excluding hydrogens is 363 g/mol. The van der Waals surface area contributed by atoms with E-state index in [4.69, 9.17) is 11.6 Å². The minimum atomic E-state index is -4.87. The average Bonchev–Trinajstić information content (AvgIpc) is 2.91. The van der Waals surface area contributed by atoms with Gasteiger partial charge in [-0.15, -0.1) is 0 Å². The molecule has 130 valence electrons. The van der Waals surface area contributed by atoms with Crippen LogP contribution in [0.25, 0.3) is 0 Å². The fraction of sp³-hybridized carbons (Fsp3) is 0.250. The van der Waals surface area contributed by atoms with E-state index < -0.39 is 33.9 Å². The third kappa shape index (κ3) is 3.72. The lowest BCUT2D eigenvalue weighted by atomic mass is 10.1. The van der Waals surface area contributed by atoms with Crippen molar-refractivity contribution in [3.8, 4) is 0 Å². The molecule has 0 aliphatic carbocycles. The van der Waals surface area contributed by atoms with Gasteiger partial charge in [-0.1, -0.05) is 11.6 Å². The number of hydrogen-bond acceptors (Lipinski definition) is 4. The lowest BCUT2D eigenvalue weighted by Gasteiger charge is -2.13. The van der Waals surface area contributed by atoms with Crippen LogP contribution in [0.1, 0.15) is 17.9 Å². The molecule has 1 aromatic heterocycles. The van der Waals surface area contributed by atoms with Crippen molar-refractivity contribution < 1.29 is 26.9 Å². The number of anilines is 1. The highest BCUT2D eigenvalue weighted by atomic mass is 35.5. The van der Waals surface area contributed by atoms with Gasteiger partial charge in [-0.3, -0.25) is 14.7 Å². The van der Waals surface area contributed by atoms with Crippen molar-refractivity contribution in [2.24, 2.45) is 0 Å². The van der Waals surface area contributed by atoms with Gasteiger partial charge in [-0.2, -0.15) is 22.0 Å². The number of halogens is 6.